The van der Waals surface area contributed by atoms with Crippen molar-refractivity contribution in [1.29, 1.82) is 0 Å². The van der Waals surface area contributed by atoms with E-state index in [1.165, 1.54) is 0 Å². The molecule has 2 rings (SSSR count). The highest BCUT2D eigenvalue weighted by Gasteiger charge is 2.50. The highest BCUT2D eigenvalue weighted by atomic mass is 16.1. The van der Waals surface area contributed by atoms with Gasteiger partial charge in [-0.25, -0.2) is 0 Å². The Labute approximate surface area is 77.7 Å². The van der Waals surface area contributed by atoms with E-state index in [0.29, 0.717) is 0 Å². The van der Waals surface area contributed by atoms with E-state index in [0.717, 1.165) is 25.1 Å². The maximum Gasteiger partial charge on any atom is 0.141 e. The van der Waals surface area contributed by atoms with Crippen LogP contribution >= 0.6 is 0 Å². The second-order valence-electron chi connectivity index (χ2n) is 3.67. The summed E-state index contributed by atoms with van der Waals surface area (Å²) in [4.78, 5) is 11.5. The Hall–Kier alpha value is -1.12. The van der Waals surface area contributed by atoms with Gasteiger partial charge in [0, 0.05) is 12.7 Å². The lowest BCUT2D eigenvalue weighted by Gasteiger charge is -2.12. The minimum Gasteiger partial charge on any atom is -0.299 e. The number of hydrogen-bond acceptors (Lipinski definition) is 2. The van der Waals surface area contributed by atoms with E-state index < -0.39 is 0 Å². The van der Waals surface area contributed by atoms with Gasteiger partial charge in [0.25, 0.3) is 0 Å². The van der Waals surface area contributed by atoms with E-state index in [1.54, 1.807) is 13.1 Å². The zero-order valence-corrected chi connectivity index (χ0v) is 8.08. The van der Waals surface area contributed by atoms with E-state index >= 15 is 0 Å². The first-order valence-electron chi connectivity index (χ1n) is 4.74. The van der Waals surface area contributed by atoms with Crippen LogP contribution in [0.2, 0.25) is 0 Å². The minimum absolute atomic E-state index is 0.174. The number of carbonyl (C=O) groups excluding carboxylic acids is 1. The molecule has 0 radical (unpaired) electrons. The number of Topliss-reactive ketones (excluding diaryl/α,β-unsaturated/α-hetero) is 1. The molecule has 0 aliphatic heterocycles. The summed E-state index contributed by atoms with van der Waals surface area (Å²) < 4.78 is 1.92. The summed E-state index contributed by atoms with van der Waals surface area (Å²) in [6, 6.07) is 1.97. The summed E-state index contributed by atoms with van der Waals surface area (Å²) in [6.07, 6.45) is 3.77. The van der Waals surface area contributed by atoms with Gasteiger partial charge >= 0.3 is 0 Å². The van der Waals surface area contributed by atoms with Crippen LogP contribution in [0.1, 0.15) is 32.4 Å². The topological polar surface area (TPSA) is 34.9 Å². The molecular weight excluding hydrogens is 164 g/mol. The molecule has 1 aromatic rings. The van der Waals surface area contributed by atoms with Crippen molar-refractivity contribution in [1.82, 2.24) is 9.78 Å². The number of rotatable bonds is 3. The molecule has 1 saturated carbocycles. The fraction of sp³-hybridized carbons (Fsp3) is 0.600. The zero-order valence-electron chi connectivity index (χ0n) is 8.08. The maximum atomic E-state index is 11.5. The SMILES string of the molecule is CCn1nccc1C1(C(C)=O)CC1. The first kappa shape index (κ1) is 8.48. The smallest absolute Gasteiger partial charge is 0.141 e. The molecular formula is C10H14N2O. The third kappa shape index (κ3) is 1.10. The highest BCUT2D eigenvalue weighted by Crippen LogP contribution is 2.48. The number of aryl methyl sites for hydroxylation is 1. The van der Waals surface area contributed by atoms with Crippen LogP contribution in [-0.4, -0.2) is 15.6 Å². The quantitative estimate of drug-likeness (QED) is 0.703. The second-order valence-corrected chi connectivity index (χ2v) is 3.67. The number of nitrogens with zero attached hydrogens (tertiary/aromatic N) is 2. The van der Waals surface area contributed by atoms with E-state index in [1.807, 2.05) is 17.7 Å². The van der Waals surface area contributed by atoms with E-state index in [2.05, 4.69) is 5.10 Å². The predicted octanol–water partition coefficient (Wildman–Crippen LogP) is 1.52. The van der Waals surface area contributed by atoms with Crippen LogP contribution in [0, 0.1) is 0 Å². The number of hydrogen-bond donors (Lipinski definition) is 0. The van der Waals surface area contributed by atoms with E-state index in [9.17, 15) is 4.79 Å². The van der Waals surface area contributed by atoms with Gasteiger partial charge in [0.1, 0.15) is 5.78 Å². The Balaban J connectivity index is 2.40. The van der Waals surface area contributed by atoms with Gasteiger partial charge in [-0.1, -0.05) is 0 Å². The molecule has 1 heterocycles. The van der Waals surface area contributed by atoms with Crippen LogP contribution < -0.4 is 0 Å². The lowest BCUT2D eigenvalue weighted by atomic mass is 9.98. The summed E-state index contributed by atoms with van der Waals surface area (Å²) in [5.74, 6) is 0.280. The Bertz CT molecular complexity index is 336. The van der Waals surface area contributed by atoms with Gasteiger partial charge in [0.2, 0.25) is 0 Å². The van der Waals surface area contributed by atoms with Crippen LogP contribution in [0.3, 0.4) is 0 Å². The third-order valence-corrected chi connectivity index (χ3v) is 2.93. The molecule has 70 valence electrons. The van der Waals surface area contributed by atoms with Crippen molar-refractivity contribution in [3.8, 4) is 0 Å². The standard InChI is InChI=1S/C10H14N2O/c1-3-12-9(4-7-11-12)10(5-6-10)8(2)13/h4,7H,3,5-6H2,1-2H3. The average molecular weight is 178 g/mol. The maximum absolute atomic E-state index is 11.5. The normalized spacial score (nSPS) is 18.6. The molecule has 0 aromatic carbocycles. The largest absolute Gasteiger partial charge is 0.299 e. The minimum atomic E-state index is -0.174. The van der Waals surface area contributed by atoms with Crippen LogP contribution in [0.15, 0.2) is 12.3 Å². The van der Waals surface area contributed by atoms with Crippen molar-refractivity contribution in [2.75, 3.05) is 0 Å². The van der Waals surface area contributed by atoms with Crippen molar-refractivity contribution in [2.24, 2.45) is 0 Å². The van der Waals surface area contributed by atoms with Gasteiger partial charge in [-0.05, 0) is 32.8 Å². The Kier molecular flexibility index (Phi) is 1.75. The van der Waals surface area contributed by atoms with Crippen LogP contribution in [0.25, 0.3) is 0 Å². The molecule has 0 atom stereocenters. The van der Waals surface area contributed by atoms with Crippen LogP contribution in [0.4, 0.5) is 0 Å². The number of carbonyl (C=O) groups is 1. The molecule has 1 aromatic heterocycles. The molecule has 13 heavy (non-hydrogen) atoms. The fourth-order valence-corrected chi connectivity index (χ4v) is 1.90. The Morgan fingerprint density at radius 3 is 2.85 bits per heavy atom. The summed E-state index contributed by atoms with van der Waals surface area (Å²) in [5, 5.41) is 4.19. The van der Waals surface area contributed by atoms with Crippen molar-refractivity contribution in [3.63, 3.8) is 0 Å². The van der Waals surface area contributed by atoms with Gasteiger partial charge in [-0.2, -0.15) is 5.10 Å². The summed E-state index contributed by atoms with van der Waals surface area (Å²) in [6.45, 7) is 4.57. The second kappa shape index (κ2) is 2.69. The van der Waals surface area contributed by atoms with Crippen LogP contribution in [0.5, 0.6) is 0 Å². The highest BCUT2D eigenvalue weighted by molar-refractivity contribution is 5.90. The lowest BCUT2D eigenvalue weighted by molar-refractivity contribution is -0.119. The average Bonchev–Trinajstić information content (AvgIpc) is 2.78. The predicted molar refractivity (Wildman–Crippen MR) is 49.5 cm³/mol. The number of aromatic nitrogens is 2. The van der Waals surface area contributed by atoms with E-state index in [4.69, 9.17) is 0 Å². The molecule has 1 aliphatic carbocycles. The lowest BCUT2D eigenvalue weighted by Crippen LogP contribution is -2.21. The zero-order chi connectivity index (χ0) is 9.47. The first-order chi connectivity index (χ1) is 6.20. The monoisotopic (exact) mass is 178 g/mol. The summed E-state index contributed by atoms with van der Waals surface area (Å²) in [5.41, 5.74) is 0.925. The fourth-order valence-electron chi connectivity index (χ4n) is 1.90. The van der Waals surface area contributed by atoms with Crippen LogP contribution in [-0.2, 0) is 16.8 Å². The Morgan fingerprint density at radius 2 is 2.38 bits per heavy atom. The summed E-state index contributed by atoms with van der Waals surface area (Å²) in [7, 11) is 0. The van der Waals surface area contributed by atoms with Crippen molar-refractivity contribution in [3.05, 3.63) is 18.0 Å². The third-order valence-electron chi connectivity index (χ3n) is 2.93. The van der Waals surface area contributed by atoms with Gasteiger partial charge < -0.3 is 0 Å². The Morgan fingerprint density at radius 1 is 1.69 bits per heavy atom. The summed E-state index contributed by atoms with van der Waals surface area (Å²) >= 11 is 0. The van der Waals surface area contributed by atoms with Crippen molar-refractivity contribution >= 4 is 5.78 Å². The van der Waals surface area contributed by atoms with Gasteiger partial charge in [-0.15, -0.1) is 0 Å². The molecule has 0 unspecified atom stereocenters. The van der Waals surface area contributed by atoms with Crippen molar-refractivity contribution in [2.45, 2.75) is 38.6 Å². The first-order valence-corrected chi connectivity index (χ1v) is 4.74. The molecule has 1 fully saturated rings. The molecule has 0 N–H and O–H groups in total. The van der Waals surface area contributed by atoms with Gasteiger partial charge in [0.05, 0.1) is 11.1 Å². The molecule has 0 bridgehead atoms. The van der Waals surface area contributed by atoms with Gasteiger partial charge in [-0.3, -0.25) is 9.48 Å². The molecule has 1 aliphatic rings. The van der Waals surface area contributed by atoms with Crippen molar-refractivity contribution < 1.29 is 4.79 Å². The molecule has 3 heteroatoms. The molecule has 0 amide bonds. The molecule has 0 saturated heterocycles. The van der Waals surface area contributed by atoms with Gasteiger partial charge in [0.15, 0.2) is 0 Å². The number of ketones is 1. The molecule has 0 spiro atoms. The molecule has 3 nitrogen and oxygen atoms in total. The van der Waals surface area contributed by atoms with E-state index in [-0.39, 0.29) is 11.2 Å².